The zero-order valence-corrected chi connectivity index (χ0v) is 15.7. The molecule has 0 aliphatic heterocycles. The van der Waals surface area contributed by atoms with Crippen LogP contribution in [-0.2, 0) is 6.42 Å². The van der Waals surface area contributed by atoms with E-state index in [2.05, 4.69) is 62.2 Å². The molecule has 1 unspecified atom stereocenters. The van der Waals surface area contributed by atoms with Crippen molar-refractivity contribution in [3.05, 3.63) is 53.9 Å². The van der Waals surface area contributed by atoms with Gasteiger partial charge in [0.15, 0.2) is 0 Å². The van der Waals surface area contributed by atoms with Crippen molar-refractivity contribution < 1.29 is 4.39 Å². The first-order chi connectivity index (χ1) is 9.60. The van der Waals surface area contributed by atoms with E-state index in [4.69, 9.17) is 0 Å². The Kier molecular flexibility index (Phi) is 6.45. The lowest BCUT2D eigenvalue weighted by atomic mass is 10.0. The molecule has 0 aliphatic carbocycles. The molecule has 1 nitrogen and oxygen atoms in total. The summed E-state index contributed by atoms with van der Waals surface area (Å²) < 4.78 is 16.0. The van der Waals surface area contributed by atoms with Crippen LogP contribution in [0, 0.1) is 8.70 Å². The molecule has 1 heterocycles. The second kappa shape index (κ2) is 7.87. The van der Waals surface area contributed by atoms with Crippen LogP contribution in [0.2, 0.25) is 0 Å². The first kappa shape index (κ1) is 16.4. The SMILES string of the molecule is CCCNC(Cc1ccc(Br)cc1F)c1csc(I)c1. The van der Waals surface area contributed by atoms with Gasteiger partial charge in [0, 0.05) is 10.5 Å². The lowest BCUT2D eigenvalue weighted by molar-refractivity contribution is 0.514. The van der Waals surface area contributed by atoms with E-state index in [1.807, 2.05) is 12.1 Å². The van der Waals surface area contributed by atoms with Gasteiger partial charge >= 0.3 is 0 Å². The predicted molar refractivity (Wildman–Crippen MR) is 95.9 cm³/mol. The molecule has 108 valence electrons. The fraction of sp³-hybridized carbons (Fsp3) is 0.333. The third-order valence-corrected chi connectivity index (χ3v) is 5.37. The van der Waals surface area contributed by atoms with Crippen molar-refractivity contribution >= 4 is 49.9 Å². The van der Waals surface area contributed by atoms with Crippen molar-refractivity contribution in [1.82, 2.24) is 5.32 Å². The lowest BCUT2D eigenvalue weighted by Crippen LogP contribution is -2.24. The molecule has 0 saturated carbocycles. The maximum Gasteiger partial charge on any atom is 0.127 e. The zero-order chi connectivity index (χ0) is 14.5. The van der Waals surface area contributed by atoms with Crippen LogP contribution < -0.4 is 5.32 Å². The van der Waals surface area contributed by atoms with Crippen LogP contribution >= 0.6 is 49.9 Å². The van der Waals surface area contributed by atoms with Gasteiger partial charge in [-0.05, 0) is 76.7 Å². The number of halogens is 3. The normalized spacial score (nSPS) is 12.6. The van der Waals surface area contributed by atoms with Gasteiger partial charge in [0.05, 0.1) is 2.88 Å². The number of hydrogen-bond acceptors (Lipinski definition) is 2. The molecule has 0 amide bonds. The number of rotatable bonds is 6. The van der Waals surface area contributed by atoms with Crippen LogP contribution in [0.5, 0.6) is 0 Å². The highest BCUT2D eigenvalue weighted by Crippen LogP contribution is 2.26. The third-order valence-electron chi connectivity index (χ3n) is 3.07. The van der Waals surface area contributed by atoms with E-state index in [9.17, 15) is 4.39 Å². The van der Waals surface area contributed by atoms with Crippen LogP contribution in [0.3, 0.4) is 0 Å². The standard InChI is InChI=1S/C15H16BrFINS/c1-2-5-19-14(11-7-15(18)20-9-11)6-10-3-4-12(16)8-13(10)17/h3-4,7-9,14,19H,2,5-6H2,1H3. The van der Waals surface area contributed by atoms with Gasteiger partial charge in [-0.3, -0.25) is 0 Å². The molecular formula is C15H16BrFINS. The van der Waals surface area contributed by atoms with E-state index >= 15 is 0 Å². The summed E-state index contributed by atoms with van der Waals surface area (Å²) in [5, 5.41) is 5.67. The summed E-state index contributed by atoms with van der Waals surface area (Å²) in [4.78, 5) is 0. The average molecular weight is 468 g/mol. The van der Waals surface area contributed by atoms with Crippen molar-refractivity contribution in [3.8, 4) is 0 Å². The molecule has 0 saturated heterocycles. The summed E-state index contributed by atoms with van der Waals surface area (Å²) in [6.07, 6.45) is 1.74. The van der Waals surface area contributed by atoms with Gasteiger partial charge in [-0.25, -0.2) is 4.39 Å². The Balaban J connectivity index is 2.18. The van der Waals surface area contributed by atoms with Crippen LogP contribution in [-0.4, -0.2) is 6.54 Å². The van der Waals surface area contributed by atoms with E-state index in [1.54, 1.807) is 11.3 Å². The van der Waals surface area contributed by atoms with E-state index in [1.165, 1.54) is 14.5 Å². The summed E-state index contributed by atoms with van der Waals surface area (Å²) >= 11 is 7.35. The van der Waals surface area contributed by atoms with E-state index in [0.29, 0.717) is 6.42 Å². The Morgan fingerprint density at radius 2 is 2.20 bits per heavy atom. The monoisotopic (exact) mass is 467 g/mol. The summed E-state index contributed by atoms with van der Waals surface area (Å²) in [5.41, 5.74) is 2.00. The fourth-order valence-electron chi connectivity index (χ4n) is 2.04. The Hall–Kier alpha value is 0.0200. The molecule has 0 aliphatic rings. The second-order valence-corrected chi connectivity index (χ2v) is 8.35. The molecule has 2 aromatic rings. The minimum Gasteiger partial charge on any atom is -0.310 e. The maximum absolute atomic E-state index is 14.0. The molecule has 20 heavy (non-hydrogen) atoms. The molecule has 0 bridgehead atoms. The summed E-state index contributed by atoms with van der Waals surface area (Å²) in [5.74, 6) is -0.146. The molecule has 0 spiro atoms. The van der Waals surface area contributed by atoms with Gasteiger partial charge in [0.1, 0.15) is 5.82 Å². The van der Waals surface area contributed by atoms with E-state index in [0.717, 1.165) is 23.0 Å². The fourth-order valence-corrected chi connectivity index (χ4v) is 3.80. The molecule has 1 N–H and O–H groups in total. The van der Waals surface area contributed by atoms with Crippen LogP contribution in [0.4, 0.5) is 4.39 Å². The first-order valence-electron chi connectivity index (χ1n) is 6.51. The lowest BCUT2D eigenvalue weighted by Gasteiger charge is -2.18. The largest absolute Gasteiger partial charge is 0.310 e. The number of benzene rings is 1. The zero-order valence-electron chi connectivity index (χ0n) is 11.1. The van der Waals surface area contributed by atoms with Crippen LogP contribution in [0.1, 0.15) is 30.5 Å². The van der Waals surface area contributed by atoms with Crippen LogP contribution in [0.15, 0.2) is 34.1 Å². The van der Waals surface area contributed by atoms with Gasteiger partial charge in [-0.1, -0.05) is 28.9 Å². The molecule has 2 rings (SSSR count). The quantitative estimate of drug-likeness (QED) is 0.550. The van der Waals surface area contributed by atoms with Gasteiger partial charge in [0.25, 0.3) is 0 Å². The Labute approximate surface area is 145 Å². The van der Waals surface area contributed by atoms with Crippen LogP contribution in [0.25, 0.3) is 0 Å². The summed E-state index contributed by atoms with van der Waals surface area (Å²) in [6, 6.07) is 7.63. The first-order valence-corrected chi connectivity index (χ1v) is 9.26. The molecule has 1 atom stereocenters. The van der Waals surface area contributed by atoms with Gasteiger partial charge in [0.2, 0.25) is 0 Å². The predicted octanol–water partition coefficient (Wildman–Crippen LogP) is 5.54. The topological polar surface area (TPSA) is 12.0 Å². The Morgan fingerprint density at radius 1 is 1.40 bits per heavy atom. The highest BCUT2D eigenvalue weighted by Gasteiger charge is 2.15. The van der Waals surface area contributed by atoms with Crippen molar-refractivity contribution in [1.29, 1.82) is 0 Å². The number of thiophene rings is 1. The highest BCUT2D eigenvalue weighted by atomic mass is 127. The molecule has 0 radical (unpaired) electrons. The molecular weight excluding hydrogens is 452 g/mol. The minimum absolute atomic E-state index is 0.146. The van der Waals surface area contributed by atoms with E-state index in [-0.39, 0.29) is 11.9 Å². The molecule has 1 aromatic carbocycles. The van der Waals surface area contributed by atoms with Gasteiger partial charge in [-0.2, -0.15) is 0 Å². The highest BCUT2D eigenvalue weighted by molar-refractivity contribution is 14.1. The summed E-state index contributed by atoms with van der Waals surface area (Å²) in [6.45, 7) is 3.08. The van der Waals surface area contributed by atoms with Gasteiger partial charge in [-0.15, -0.1) is 11.3 Å². The second-order valence-electron chi connectivity index (χ2n) is 4.63. The average Bonchev–Trinajstić information content (AvgIpc) is 2.83. The smallest absolute Gasteiger partial charge is 0.127 e. The van der Waals surface area contributed by atoms with Gasteiger partial charge < -0.3 is 5.32 Å². The molecule has 5 heteroatoms. The van der Waals surface area contributed by atoms with Crippen molar-refractivity contribution in [2.75, 3.05) is 6.54 Å². The minimum atomic E-state index is -0.146. The Bertz CT molecular complexity index is 573. The number of nitrogens with one attached hydrogen (secondary N) is 1. The number of hydrogen-bond donors (Lipinski definition) is 1. The Morgan fingerprint density at radius 3 is 2.80 bits per heavy atom. The summed E-state index contributed by atoms with van der Waals surface area (Å²) in [7, 11) is 0. The molecule has 0 fully saturated rings. The van der Waals surface area contributed by atoms with Crippen molar-refractivity contribution in [3.63, 3.8) is 0 Å². The third kappa shape index (κ3) is 4.51. The van der Waals surface area contributed by atoms with Crippen molar-refractivity contribution in [2.45, 2.75) is 25.8 Å². The van der Waals surface area contributed by atoms with E-state index < -0.39 is 0 Å². The maximum atomic E-state index is 14.0. The van der Waals surface area contributed by atoms with Crippen molar-refractivity contribution in [2.24, 2.45) is 0 Å². The molecule has 1 aromatic heterocycles.